The molecule has 0 aromatic carbocycles. The molecule has 1 aliphatic rings. The van der Waals surface area contributed by atoms with Crippen molar-refractivity contribution in [1.29, 1.82) is 0 Å². The molecule has 0 bridgehead atoms. The topological polar surface area (TPSA) is 74.9 Å². The minimum Gasteiger partial charge on any atom is -0.481 e. The van der Waals surface area contributed by atoms with E-state index in [2.05, 4.69) is 33.5 Å². The molecular weight excluding hydrogens is 481 g/mol. The summed E-state index contributed by atoms with van der Waals surface area (Å²) in [5.41, 5.74) is 0.959. The summed E-state index contributed by atoms with van der Waals surface area (Å²) in [6, 6.07) is 8.10. The van der Waals surface area contributed by atoms with Gasteiger partial charge in [-0.15, -0.1) is 24.0 Å². The average Bonchev–Trinajstić information content (AvgIpc) is 3.27. The Hall–Kier alpha value is -1.81. The number of hydrogen-bond acceptors (Lipinski definition) is 5. The molecule has 8 heteroatoms. The summed E-state index contributed by atoms with van der Waals surface area (Å²) in [4.78, 5) is 11.5. The molecule has 1 aliphatic heterocycles. The van der Waals surface area contributed by atoms with Gasteiger partial charge in [-0.3, -0.25) is 4.90 Å². The predicted octanol–water partition coefficient (Wildman–Crippen LogP) is 3.58. The van der Waals surface area contributed by atoms with Crippen molar-refractivity contribution in [1.82, 2.24) is 20.5 Å². The van der Waals surface area contributed by atoms with E-state index in [9.17, 15) is 0 Å². The predicted molar refractivity (Wildman–Crippen MR) is 126 cm³/mol. The lowest BCUT2D eigenvalue weighted by atomic mass is 10.1. The zero-order chi connectivity index (χ0) is 19.6. The van der Waals surface area contributed by atoms with Crippen molar-refractivity contribution in [3.05, 3.63) is 48.0 Å². The van der Waals surface area contributed by atoms with E-state index in [4.69, 9.17) is 14.1 Å². The van der Waals surface area contributed by atoms with Crippen LogP contribution in [0.5, 0.6) is 5.88 Å². The van der Waals surface area contributed by atoms with E-state index in [0.29, 0.717) is 12.4 Å². The molecule has 3 rings (SSSR count). The fraction of sp³-hybridized carbons (Fsp3) is 0.524. The second-order valence-electron chi connectivity index (χ2n) is 6.88. The molecule has 1 unspecified atom stereocenters. The lowest BCUT2D eigenvalue weighted by Gasteiger charge is -2.33. The van der Waals surface area contributed by atoms with Crippen molar-refractivity contribution >= 4 is 29.9 Å². The first-order chi connectivity index (χ1) is 13.8. The van der Waals surface area contributed by atoms with Crippen molar-refractivity contribution in [3.63, 3.8) is 0 Å². The van der Waals surface area contributed by atoms with Crippen LogP contribution in [0.25, 0.3) is 0 Å². The molecule has 0 amide bonds. The van der Waals surface area contributed by atoms with Crippen LogP contribution in [0.1, 0.15) is 43.6 Å². The molecule has 160 valence electrons. The van der Waals surface area contributed by atoms with Gasteiger partial charge >= 0.3 is 0 Å². The first-order valence-corrected chi connectivity index (χ1v) is 10.1. The molecule has 1 fully saturated rings. The molecule has 0 aliphatic carbocycles. The summed E-state index contributed by atoms with van der Waals surface area (Å²) in [5, 5.41) is 6.81. The standard InChI is InChI=1S/C21H31N5O2.HI/c1-3-22-21(24-15-17-9-7-11-23-20(17)27-2)25-16-18(19-10-8-14-28-19)26-12-5-4-6-13-26;/h7-11,14,18H,3-6,12-13,15-16H2,1-2H3,(H2,22,24,25);1H. The molecule has 7 nitrogen and oxygen atoms in total. The maximum atomic E-state index is 5.73. The zero-order valence-electron chi connectivity index (χ0n) is 17.3. The normalized spacial score (nSPS) is 16.0. The molecule has 2 N–H and O–H groups in total. The number of pyridine rings is 1. The van der Waals surface area contributed by atoms with Crippen LogP contribution in [0.3, 0.4) is 0 Å². The van der Waals surface area contributed by atoms with Gasteiger partial charge in [0.2, 0.25) is 5.88 Å². The number of methoxy groups -OCH3 is 1. The van der Waals surface area contributed by atoms with Crippen LogP contribution in [-0.2, 0) is 6.54 Å². The van der Waals surface area contributed by atoms with E-state index in [1.165, 1.54) is 19.3 Å². The second kappa shape index (κ2) is 12.7. The summed E-state index contributed by atoms with van der Waals surface area (Å²) < 4.78 is 11.1. The number of likely N-dealkylation sites (tertiary alicyclic amines) is 1. The average molecular weight is 513 g/mol. The summed E-state index contributed by atoms with van der Waals surface area (Å²) in [6.07, 6.45) is 7.27. The molecular formula is C21H32IN5O2. The van der Waals surface area contributed by atoms with Crippen molar-refractivity contribution in [2.45, 2.75) is 38.8 Å². The molecule has 2 aromatic rings. The SMILES string of the molecule is CCNC(=NCc1cccnc1OC)NCC(c1ccco1)N1CCCCC1.I. The molecule has 29 heavy (non-hydrogen) atoms. The number of aromatic nitrogens is 1. The summed E-state index contributed by atoms with van der Waals surface area (Å²) in [6.45, 7) is 6.31. The van der Waals surface area contributed by atoms with E-state index in [1.807, 2.05) is 18.2 Å². The molecule has 1 saturated heterocycles. The van der Waals surface area contributed by atoms with E-state index >= 15 is 0 Å². The number of nitrogens with zero attached hydrogens (tertiary/aromatic N) is 3. The highest BCUT2D eigenvalue weighted by atomic mass is 127. The van der Waals surface area contributed by atoms with Crippen LogP contribution < -0.4 is 15.4 Å². The Morgan fingerprint density at radius 2 is 2.07 bits per heavy atom. The Morgan fingerprint density at radius 1 is 1.24 bits per heavy atom. The Balaban J connectivity index is 0.00000300. The van der Waals surface area contributed by atoms with Crippen LogP contribution in [0.15, 0.2) is 46.1 Å². The highest BCUT2D eigenvalue weighted by Crippen LogP contribution is 2.24. The minimum atomic E-state index is 0. The smallest absolute Gasteiger partial charge is 0.218 e. The summed E-state index contributed by atoms with van der Waals surface area (Å²) >= 11 is 0. The third-order valence-corrected chi connectivity index (χ3v) is 4.96. The van der Waals surface area contributed by atoms with E-state index in [-0.39, 0.29) is 30.0 Å². The quantitative estimate of drug-likeness (QED) is 0.320. The number of halogens is 1. The molecule has 3 heterocycles. The fourth-order valence-corrected chi connectivity index (χ4v) is 3.55. The van der Waals surface area contributed by atoms with Crippen LogP contribution in [-0.4, -0.2) is 49.1 Å². The Kier molecular flexibility index (Phi) is 10.3. The first kappa shape index (κ1) is 23.5. The van der Waals surface area contributed by atoms with Gasteiger partial charge in [0, 0.05) is 24.8 Å². The van der Waals surface area contributed by atoms with Crippen molar-refractivity contribution in [2.75, 3.05) is 33.3 Å². The number of furan rings is 1. The van der Waals surface area contributed by atoms with E-state index in [1.54, 1.807) is 19.6 Å². The second-order valence-corrected chi connectivity index (χ2v) is 6.88. The Bertz CT molecular complexity index is 732. The highest BCUT2D eigenvalue weighted by Gasteiger charge is 2.24. The van der Waals surface area contributed by atoms with E-state index < -0.39 is 0 Å². The molecule has 0 saturated carbocycles. The van der Waals surface area contributed by atoms with Crippen LogP contribution in [0.2, 0.25) is 0 Å². The number of rotatable bonds is 8. The third-order valence-electron chi connectivity index (χ3n) is 4.96. The number of ether oxygens (including phenoxy) is 1. The summed E-state index contributed by atoms with van der Waals surface area (Å²) in [7, 11) is 1.63. The molecule has 2 aromatic heterocycles. The fourth-order valence-electron chi connectivity index (χ4n) is 3.55. The van der Waals surface area contributed by atoms with Gasteiger partial charge in [0.05, 0.1) is 26.0 Å². The van der Waals surface area contributed by atoms with Crippen LogP contribution in [0.4, 0.5) is 0 Å². The van der Waals surface area contributed by atoms with Crippen molar-refractivity contribution in [3.8, 4) is 5.88 Å². The number of aliphatic imine (C=N–C) groups is 1. The van der Waals surface area contributed by atoms with Gasteiger partial charge in [0.1, 0.15) is 5.76 Å². The number of piperidine rings is 1. The Labute approximate surface area is 190 Å². The maximum Gasteiger partial charge on any atom is 0.218 e. The molecule has 1 atom stereocenters. The maximum absolute atomic E-state index is 5.73. The van der Waals surface area contributed by atoms with Crippen molar-refractivity contribution < 1.29 is 9.15 Å². The molecule has 0 radical (unpaired) electrons. The Morgan fingerprint density at radius 3 is 2.76 bits per heavy atom. The van der Waals surface area contributed by atoms with Gasteiger partial charge in [-0.25, -0.2) is 9.98 Å². The van der Waals surface area contributed by atoms with Gasteiger partial charge < -0.3 is 19.8 Å². The number of hydrogen-bond donors (Lipinski definition) is 2. The zero-order valence-corrected chi connectivity index (χ0v) is 19.6. The largest absolute Gasteiger partial charge is 0.481 e. The van der Waals surface area contributed by atoms with Gasteiger partial charge in [-0.2, -0.15) is 0 Å². The van der Waals surface area contributed by atoms with Gasteiger partial charge in [-0.1, -0.05) is 12.5 Å². The monoisotopic (exact) mass is 513 g/mol. The van der Waals surface area contributed by atoms with Crippen LogP contribution >= 0.6 is 24.0 Å². The lowest BCUT2D eigenvalue weighted by Crippen LogP contribution is -2.44. The van der Waals surface area contributed by atoms with Gasteiger partial charge in [0.15, 0.2) is 5.96 Å². The lowest BCUT2D eigenvalue weighted by molar-refractivity contribution is 0.146. The van der Waals surface area contributed by atoms with Crippen LogP contribution in [0, 0.1) is 0 Å². The minimum absolute atomic E-state index is 0. The first-order valence-electron chi connectivity index (χ1n) is 10.1. The number of guanidine groups is 1. The highest BCUT2D eigenvalue weighted by molar-refractivity contribution is 14.0. The van der Waals surface area contributed by atoms with E-state index in [0.717, 1.165) is 43.5 Å². The third kappa shape index (κ3) is 6.88. The van der Waals surface area contributed by atoms with Gasteiger partial charge in [0.25, 0.3) is 0 Å². The van der Waals surface area contributed by atoms with Crippen molar-refractivity contribution in [2.24, 2.45) is 4.99 Å². The number of nitrogens with one attached hydrogen (secondary N) is 2. The van der Waals surface area contributed by atoms with Gasteiger partial charge in [-0.05, 0) is 51.1 Å². The molecule has 0 spiro atoms. The summed E-state index contributed by atoms with van der Waals surface area (Å²) in [5.74, 6) is 2.39.